The van der Waals surface area contributed by atoms with E-state index in [-0.39, 0.29) is 0 Å². The van der Waals surface area contributed by atoms with Gasteiger partial charge in [0.1, 0.15) is 5.60 Å². The van der Waals surface area contributed by atoms with Gasteiger partial charge in [0, 0.05) is 0 Å². The zero-order chi connectivity index (χ0) is 8.32. The zero-order valence-corrected chi connectivity index (χ0v) is 6.74. The maximum Gasteiger partial charge on any atom is 0.123 e. The molecule has 0 fully saturated rings. The second kappa shape index (κ2) is 3.03. The molecule has 1 aromatic carbocycles. The number of hydrogen-bond donors (Lipinski definition) is 1. The third kappa shape index (κ3) is 1.79. The van der Waals surface area contributed by atoms with Gasteiger partial charge < -0.3 is 0 Å². The highest BCUT2D eigenvalue weighted by atomic mass is 17.1. The summed E-state index contributed by atoms with van der Waals surface area (Å²) in [4.78, 5) is 4.32. The van der Waals surface area contributed by atoms with E-state index >= 15 is 0 Å². The minimum Gasteiger partial charge on any atom is -0.251 e. The van der Waals surface area contributed by atoms with Crippen LogP contribution in [0.2, 0.25) is 0 Å². The Morgan fingerprint density at radius 3 is 2.18 bits per heavy atom. The second-order valence-corrected chi connectivity index (χ2v) is 2.97. The van der Waals surface area contributed by atoms with Gasteiger partial charge in [-0.05, 0) is 19.4 Å². The summed E-state index contributed by atoms with van der Waals surface area (Å²) in [5, 5.41) is 8.55. The van der Waals surface area contributed by atoms with E-state index < -0.39 is 5.60 Å². The highest BCUT2D eigenvalue weighted by molar-refractivity contribution is 5.20. The van der Waals surface area contributed by atoms with Crippen LogP contribution < -0.4 is 0 Å². The largest absolute Gasteiger partial charge is 0.251 e. The summed E-state index contributed by atoms with van der Waals surface area (Å²) in [5.41, 5.74) is 0.351. The lowest BCUT2D eigenvalue weighted by Gasteiger charge is -2.20. The summed E-state index contributed by atoms with van der Waals surface area (Å²) in [5.74, 6) is 0. The molecule has 60 valence electrons. The van der Waals surface area contributed by atoms with Gasteiger partial charge in [0.05, 0.1) is 0 Å². The zero-order valence-electron chi connectivity index (χ0n) is 6.74. The van der Waals surface area contributed by atoms with Crippen LogP contribution in [-0.4, -0.2) is 5.26 Å². The molecule has 11 heavy (non-hydrogen) atoms. The number of hydrogen-bond acceptors (Lipinski definition) is 2. The number of benzene rings is 1. The van der Waals surface area contributed by atoms with Gasteiger partial charge in [0.15, 0.2) is 0 Å². The van der Waals surface area contributed by atoms with Crippen LogP contribution in [0.15, 0.2) is 30.3 Å². The molecule has 0 radical (unpaired) electrons. The van der Waals surface area contributed by atoms with Crippen molar-refractivity contribution < 1.29 is 10.1 Å². The molecule has 0 amide bonds. The smallest absolute Gasteiger partial charge is 0.123 e. The van der Waals surface area contributed by atoms with Gasteiger partial charge in [-0.1, -0.05) is 30.3 Å². The first kappa shape index (κ1) is 8.24. The Hall–Kier alpha value is -0.860. The van der Waals surface area contributed by atoms with Gasteiger partial charge in [0.2, 0.25) is 0 Å². The summed E-state index contributed by atoms with van der Waals surface area (Å²) >= 11 is 0. The van der Waals surface area contributed by atoms with Crippen molar-refractivity contribution in [3.8, 4) is 0 Å². The minimum absolute atomic E-state index is 0.610. The highest BCUT2D eigenvalue weighted by Gasteiger charge is 2.20. The predicted molar refractivity (Wildman–Crippen MR) is 43.2 cm³/mol. The van der Waals surface area contributed by atoms with Crippen LogP contribution in [0.1, 0.15) is 19.4 Å². The summed E-state index contributed by atoms with van der Waals surface area (Å²) in [6.45, 7) is 3.62. The maximum absolute atomic E-state index is 8.55. The maximum atomic E-state index is 8.55. The highest BCUT2D eigenvalue weighted by Crippen LogP contribution is 2.22. The van der Waals surface area contributed by atoms with Crippen molar-refractivity contribution in [2.75, 3.05) is 0 Å². The third-order valence-electron chi connectivity index (χ3n) is 1.70. The lowest BCUT2D eigenvalue weighted by Crippen LogP contribution is -2.19. The van der Waals surface area contributed by atoms with Crippen molar-refractivity contribution >= 4 is 0 Å². The van der Waals surface area contributed by atoms with Crippen LogP contribution in [0.4, 0.5) is 0 Å². The summed E-state index contributed by atoms with van der Waals surface area (Å²) in [7, 11) is 0. The molecule has 0 bridgehead atoms. The molecule has 0 aromatic heterocycles. The van der Waals surface area contributed by atoms with Gasteiger partial charge in [0.25, 0.3) is 0 Å². The predicted octanol–water partition coefficient (Wildman–Crippen LogP) is 2.41. The molecular weight excluding hydrogens is 140 g/mol. The summed E-state index contributed by atoms with van der Waals surface area (Å²) < 4.78 is 0. The fraction of sp³-hybridized carbons (Fsp3) is 0.333. The molecule has 2 nitrogen and oxygen atoms in total. The van der Waals surface area contributed by atoms with E-state index in [1.807, 2.05) is 44.2 Å². The molecule has 0 aliphatic rings. The topological polar surface area (TPSA) is 29.5 Å². The Kier molecular flexibility index (Phi) is 2.27. The van der Waals surface area contributed by atoms with Crippen LogP contribution >= 0.6 is 0 Å². The van der Waals surface area contributed by atoms with Gasteiger partial charge in [-0.3, -0.25) is 5.26 Å². The standard InChI is InChI=1S/C9H12O2/c1-9(2,11-10)8-6-4-3-5-7-8/h3-7,10H,1-2H3. The van der Waals surface area contributed by atoms with Crippen LogP contribution in [0.5, 0.6) is 0 Å². The molecule has 1 aromatic rings. The molecule has 0 saturated carbocycles. The second-order valence-electron chi connectivity index (χ2n) is 2.97. The monoisotopic (exact) mass is 152 g/mol. The fourth-order valence-corrected chi connectivity index (χ4v) is 0.892. The van der Waals surface area contributed by atoms with E-state index in [9.17, 15) is 0 Å². The first-order valence-electron chi connectivity index (χ1n) is 3.55. The average Bonchev–Trinajstić information content (AvgIpc) is 2.06. The van der Waals surface area contributed by atoms with E-state index in [1.54, 1.807) is 0 Å². The Morgan fingerprint density at radius 2 is 1.73 bits per heavy atom. The van der Waals surface area contributed by atoms with Crippen molar-refractivity contribution in [3.63, 3.8) is 0 Å². The Labute approximate surface area is 66.4 Å². The summed E-state index contributed by atoms with van der Waals surface area (Å²) in [6, 6.07) is 9.58. The quantitative estimate of drug-likeness (QED) is 0.521. The van der Waals surface area contributed by atoms with E-state index in [1.165, 1.54) is 0 Å². The molecule has 0 heterocycles. The lowest BCUT2D eigenvalue weighted by molar-refractivity contribution is -0.318. The van der Waals surface area contributed by atoms with Gasteiger partial charge >= 0.3 is 0 Å². The molecule has 0 aliphatic heterocycles. The van der Waals surface area contributed by atoms with Crippen molar-refractivity contribution in [1.82, 2.24) is 0 Å². The van der Waals surface area contributed by atoms with E-state index in [0.29, 0.717) is 0 Å². The van der Waals surface area contributed by atoms with E-state index in [2.05, 4.69) is 4.89 Å². The molecular formula is C9H12O2. The van der Waals surface area contributed by atoms with Crippen molar-refractivity contribution in [3.05, 3.63) is 35.9 Å². The van der Waals surface area contributed by atoms with E-state index in [0.717, 1.165) is 5.56 Å². The van der Waals surface area contributed by atoms with Crippen LogP contribution in [-0.2, 0) is 10.5 Å². The van der Waals surface area contributed by atoms with Crippen LogP contribution in [0.25, 0.3) is 0 Å². The first-order valence-corrected chi connectivity index (χ1v) is 3.55. The lowest BCUT2D eigenvalue weighted by atomic mass is 9.99. The normalized spacial score (nSPS) is 11.5. The average molecular weight is 152 g/mol. The molecule has 1 rings (SSSR count). The Balaban J connectivity index is 2.93. The molecule has 0 spiro atoms. The SMILES string of the molecule is CC(C)(OO)c1ccccc1. The molecule has 0 saturated heterocycles. The molecule has 0 aliphatic carbocycles. The molecule has 0 atom stereocenters. The van der Waals surface area contributed by atoms with E-state index in [4.69, 9.17) is 5.26 Å². The Bertz CT molecular complexity index is 216. The van der Waals surface area contributed by atoms with Gasteiger partial charge in [-0.15, -0.1) is 0 Å². The van der Waals surface area contributed by atoms with Crippen molar-refractivity contribution in [2.45, 2.75) is 19.4 Å². The first-order chi connectivity index (χ1) is 5.17. The van der Waals surface area contributed by atoms with Crippen molar-refractivity contribution in [2.24, 2.45) is 0 Å². The number of rotatable bonds is 2. The van der Waals surface area contributed by atoms with Gasteiger partial charge in [-0.25, -0.2) is 4.89 Å². The third-order valence-corrected chi connectivity index (χ3v) is 1.70. The van der Waals surface area contributed by atoms with Gasteiger partial charge in [-0.2, -0.15) is 0 Å². The summed E-state index contributed by atoms with van der Waals surface area (Å²) in [6.07, 6.45) is 0. The van der Waals surface area contributed by atoms with Crippen LogP contribution in [0.3, 0.4) is 0 Å². The molecule has 0 unspecified atom stereocenters. The van der Waals surface area contributed by atoms with Crippen LogP contribution in [0, 0.1) is 0 Å². The molecule has 1 N–H and O–H groups in total. The van der Waals surface area contributed by atoms with Crippen molar-refractivity contribution in [1.29, 1.82) is 0 Å². The molecule has 2 heteroatoms. The minimum atomic E-state index is -0.610. The Morgan fingerprint density at radius 1 is 1.18 bits per heavy atom. The fourth-order valence-electron chi connectivity index (χ4n) is 0.892.